The van der Waals surface area contributed by atoms with E-state index in [1.807, 2.05) is 36.5 Å². The highest BCUT2D eigenvalue weighted by molar-refractivity contribution is 5.98. The lowest BCUT2D eigenvalue weighted by molar-refractivity contribution is 0.000977. The van der Waals surface area contributed by atoms with Gasteiger partial charge < -0.3 is 14.4 Å². The number of fused-ring (bicyclic) bond motifs is 1. The fraction of sp³-hybridized carbons (Fsp3) is 0.333. The molecule has 1 fully saturated rings. The zero-order valence-electron chi connectivity index (χ0n) is 17.4. The van der Waals surface area contributed by atoms with Gasteiger partial charge in [0.15, 0.2) is 18.3 Å². The first kappa shape index (κ1) is 19.8. The number of rotatable bonds is 4. The maximum absolute atomic E-state index is 15.1. The Morgan fingerprint density at radius 3 is 2.68 bits per heavy atom. The van der Waals surface area contributed by atoms with E-state index in [0.717, 1.165) is 29.7 Å². The second-order valence-corrected chi connectivity index (χ2v) is 8.04. The van der Waals surface area contributed by atoms with Gasteiger partial charge in [-0.1, -0.05) is 12.1 Å². The Bertz CT molecular complexity index is 1090. The van der Waals surface area contributed by atoms with Gasteiger partial charge in [0.05, 0.1) is 11.3 Å². The summed E-state index contributed by atoms with van der Waals surface area (Å²) >= 11 is 0. The zero-order chi connectivity index (χ0) is 21.4. The molecule has 2 aliphatic rings. The first-order valence-corrected chi connectivity index (χ1v) is 10.5. The molecule has 3 heterocycles. The molecule has 1 saturated heterocycles. The molecular formula is C24H24FN3O3. The molecule has 0 spiro atoms. The molecule has 0 bridgehead atoms. The van der Waals surface area contributed by atoms with Crippen LogP contribution in [0.15, 0.2) is 48.8 Å². The Labute approximate surface area is 180 Å². The van der Waals surface area contributed by atoms with E-state index in [1.165, 1.54) is 0 Å². The van der Waals surface area contributed by atoms with Gasteiger partial charge in [0.2, 0.25) is 0 Å². The molecule has 1 aromatic heterocycles. The number of ether oxygens (including phenoxy) is 2. The molecule has 2 aromatic carbocycles. The van der Waals surface area contributed by atoms with Crippen molar-refractivity contribution in [3.63, 3.8) is 0 Å². The third-order valence-corrected chi connectivity index (χ3v) is 6.14. The lowest BCUT2D eigenvalue weighted by Gasteiger charge is -2.37. The minimum Gasteiger partial charge on any atom is -0.469 e. The van der Waals surface area contributed by atoms with Crippen molar-refractivity contribution < 1.29 is 18.7 Å². The Balaban J connectivity index is 1.42. The third-order valence-electron chi connectivity index (χ3n) is 6.14. The number of carbonyl (C=O) groups is 1. The van der Waals surface area contributed by atoms with Crippen LogP contribution in [0.3, 0.4) is 0 Å². The van der Waals surface area contributed by atoms with E-state index in [-0.39, 0.29) is 24.4 Å². The van der Waals surface area contributed by atoms with Gasteiger partial charge in [0.25, 0.3) is 5.91 Å². The number of halogens is 1. The van der Waals surface area contributed by atoms with Crippen molar-refractivity contribution in [2.24, 2.45) is 0 Å². The van der Waals surface area contributed by atoms with Gasteiger partial charge in [0, 0.05) is 31.6 Å². The van der Waals surface area contributed by atoms with Crippen LogP contribution in [0.4, 0.5) is 4.39 Å². The van der Waals surface area contributed by atoms with Crippen molar-refractivity contribution in [3.8, 4) is 11.4 Å². The Morgan fingerprint density at radius 2 is 1.97 bits per heavy atom. The van der Waals surface area contributed by atoms with Crippen LogP contribution in [0.25, 0.3) is 5.69 Å². The van der Waals surface area contributed by atoms with Gasteiger partial charge in [-0.3, -0.25) is 4.79 Å². The molecule has 6 nitrogen and oxygen atoms in total. The number of hydrogen-bond acceptors (Lipinski definition) is 4. The van der Waals surface area contributed by atoms with E-state index in [4.69, 9.17) is 9.47 Å². The van der Waals surface area contributed by atoms with Crippen molar-refractivity contribution in [2.75, 3.05) is 19.9 Å². The number of hydrogen-bond donors (Lipinski definition) is 0. The topological polar surface area (TPSA) is 56.6 Å². The van der Waals surface area contributed by atoms with Crippen molar-refractivity contribution in [2.45, 2.75) is 32.2 Å². The quantitative estimate of drug-likeness (QED) is 0.642. The summed E-state index contributed by atoms with van der Waals surface area (Å²) in [6, 6.07) is 11.7. The van der Waals surface area contributed by atoms with Gasteiger partial charge in [-0.2, -0.15) is 5.10 Å². The van der Waals surface area contributed by atoms with Crippen molar-refractivity contribution in [1.82, 2.24) is 14.7 Å². The van der Waals surface area contributed by atoms with E-state index in [1.54, 1.807) is 28.8 Å². The zero-order valence-corrected chi connectivity index (χ0v) is 17.4. The second-order valence-electron chi connectivity index (χ2n) is 8.04. The minimum absolute atomic E-state index is 0.0667. The molecular weight excluding hydrogens is 397 g/mol. The molecule has 160 valence electrons. The SMILES string of the molecule is Cc1c(Cc2ccc(-n3cccn3)cc2)cc2c(c1F)OCN(C1CCOCC1)C2=O. The Kier molecular flexibility index (Phi) is 5.19. The molecule has 31 heavy (non-hydrogen) atoms. The summed E-state index contributed by atoms with van der Waals surface area (Å²) in [5.74, 6) is -0.536. The lowest BCUT2D eigenvalue weighted by Crippen LogP contribution is -2.48. The van der Waals surface area contributed by atoms with Crippen LogP contribution < -0.4 is 4.74 Å². The smallest absolute Gasteiger partial charge is 0.260 e. The van der Waals surface area contributed by atoms with E-state index in [2.05, 4.69) is 5.10 Å². The summed E-state index contributed by atoms with van der Waals surface area (Å²) < 4.78 is 28.0. The number of aromatic nitrogens is 2. The van der Waals surface area contributed by atoms with E-state index >= 15 is 4.39 Å². The molecule has 2 aliphatic heterocycles. The van der Waals surface area contributed by atoms with Gasteiger partial charge in [0.1, 0.15) is 0 Å². The number of benzene rings is 2. The van der Waals surface area contributed by atoms with E-state index in [9.17, 15) is 4.79 Å². The van der Waals surface area contributed by atoms with Gasteiger partial charge >= 0.3 is 0 Å². The van der Waals surface area contributed by atoms with Crippen molar-refractivity contribution in [3.05, 3.63) is 76.9 Å². The number of nitrogens with zero attached hydrogens (tertiary/aromatic N) is 3. The van der Waals surface area contributed by atoms with Gasteiger partial charge in [-0.05, 0) is 67.1 Å². The van der Waals surface area contributed by atoms with Crippen LogP contribution in [0.5, 0.6) is 5.75 Å². The number of carbonyl (C=O) groups excluding carboxylic acids is 1. The summed E-state index contributed by atoms with van der Waals surface area (Å²) in [6.07, 6.45) is 5.69. The summed E-state index contributed by atoms with van der Waals surface area (Å²) in [5.41, 5.74) is 3.60. The molecule has 0 atom stereocenters. The first-order valence-electron chi connectivity index (χ1n) is 10.5. The molecule has 0 N–H and O–H groups in total. The summed E-state index contributed by atoms with van der Waals surface area (Å²) in [7, 11) is 0. The summed E-state index contributed by atoms with van der Waals surface area (Å²) in [4.78, 5) is 14.9. The minimum atomic E-state index is -0.444. The summed E-state index contributed by atoms with van der Waals surface area (Å²) in [6.45, 7) is 3.08. The molecule has 0 aliphatic carbocycles. The molecule has 0 unspecified atom stereocenters. The van der Waals surface area contributed by atoms with Crippen LogP contribution in [0, 0.1) is 12.7 Å². The molecule has 0 radical (unpaired) electrons. The Morgan fingerprint density at radius 1 is 1.19 bits per heavy atom. The standard InChI is InChI=1S/C24H24FN3O3/c1-16-18(13-17-3-5-20(6-4-17)28-10-2-9-26-28)14-21-23(22(16)25)31-15-27(24(21)29)19-7-11-30-12-8-19/h2-6,9-10,14,19H,7-8,11-13,15H2,1H3. The highest BCUT2D eigenvalue weighted by atomic mass is 19.1. The van der Waals surface area contributed by atoms with Crippen LogP contribution in [-0.4, -0.2) is 46.6 Å². The van der Waals surface area contributed by atoms with Crippen molar-refractivity contribution in [1.29, 1.82) is 0 Å². The first-order chi connectivity index (χ1) is 15.1. The monoisotopic (exact) mass is 421 g/mol. The van der Waals surface area contributed by atoms with Gasteiger partial charge in [-0.25, -0.2) is 9.07 Å². The maximum atomic E-state index is 15.1. The van der Waals surface area contributed by atoms with E-state index in [0.29, 0.717) is 30.8 Å². The Hall–Kier alpha value is -3.19. The molecule has 1 amide bonds. The maximum Gasteiger partial charge on any atom is 0.260 e. The number of amides is 1. The third kappa shape index (κ3) is 3.70. The second kappa shape index (κ2) is 8.15. The molecule has 3 aromatic rings. The van der Waals surface area contributed by atoms with Gasteiger partial charge in [-0.15, -0.1) is 0 Å². The van der Waals surface area contributed by atoms with Crippen LogP contribution in [-0.2, 0) is 11.2 Å². The predicted molar refractivity (Wildman–Crippen MR) is 113 cm³/mol. The fourth-order valence-electron chi connectivity index (χ4n) is 4.28. The lowest BCUT2D eigenvalue weighted by atomic mass is 9.95. The average Bonchev–Trinajstić information content (AvgIpc) is 3.34. The van der Waals surface area contributed by atoms with Crippen LogP contribution >= 0.6 is 0 Å². The normalized spacial score (nSPS) is 16.8. The fourth-order valence-corrected chi connectivity index (χ4v) is 4.28. The largest absolute Gasteiger partial charge is 0.469 e. The summed E-state index contributed by atoms with van der Waals surface area (Å²) in [5, 5.41) is 4.23. The molecule has 5 rings (SSSR count). The predicted octanol–water partition coefficient (Wildman–Crippen LogP) is 3.88. The van der Waals surface area contributed by atoms with E-state index < -0.39 is 5.82 Å². The highest BCUT2D eigenvalue weighted by Crippen LogP contribution is 2.35. The van der Waals surface area contributed by atoms with Crippen molar-refractivity contribution >= 4 is 5.91 Å². The van der Waals surface area contributed by atoms with Crippen LogP contribution in [0.1, 0.15) is 39.9 Å². The molecule has 0 saturated carbocycles. The molecule has 7 heteroatoms. The average molecular weight is 421 g/mol. The van der Waals surface area contributed by atoms with Crippen LogP contribution in [0.2, 0.25) is 0 Å². The highest BCUT2D eigenvalue weighted by Gasteiger charge is 2.34.